The van der Waals surface area contributed by atoms with Gasteiger partial charge in [-0.25, -0.2) is 0 Å². The van der Waals surface area contributed by atoms with Crippen LogP contribution in [0.3, 0.4) is 0 Å². The predicted octanol–water partition coefficient (Wildman–Crippen LogP) is 0.965. The molecule has 1 heterocycles. The maximum atomic E-state index is 11.8. The molecule has 1 rings (SSSR count). The quantitative estimate of drug-likeness (QED) is 0.710. The molecule has 0 spiro atoms. The predicted molar refractivity (Wildman–Crippen MR) is 51.4 cm³/mol. The molecule has 0 radical (unpaired) electrons. The van der Waals surface area contributed by atoms with Crippen LogP contribution in [0.1, 0.15) is 26.7 Å². The third-order valence-corrected chi connectivity index (χ3v) is 2.70. The lowest BCUT2D eigenvalue weighted by Gasteiger charge is -2.16. The van der Waals surface area contributed by atoms with Gasteiger partial charge in [-0.2, -0.15) is 0 Å². The van der Waals surface area contributed by atoms with Gasteiger partial charge in [0.1, 0.15) is 5.78 Å². The van der Waals surface area contributed by atoms with Crippen LogP contribution in [0, 0.1) is 11.8 Å². The topological polar surface area (TPSA) is 52.3 Å². The Morgan fingerprint density at radius 3 is 2.77 bits per heavy atom. The fourth-order valence-corrected chi connectivity index (χ4v) is 1.80. The Kier molecular flexibility index (Phi) is 3.88. The number of Topliss-reactive ketones (excluding diaryl/α,β-unsaturated/α-hetero) is 1. The molecular formula is C10H19NO2. The molecule has 0 amide bonds. The van der Waals surface area contributed by atoms with Gasteiger partial charge in [0.05, 0.1) is 19.1 Å². The van der Waals surface area contributed by atoms with Crippen molar-refractivity contribution >= 4 is 5.78 Å². The minimum absolute atomic E-state index is 0.0541. The number of nitrogens with two attached hydrogens (primary N) is 1. The van der Waals surface area contributed by atoms with Gasteiger partial charge in [-0.05, 0) is 6.42 Å². The second kappa shape index (κ2) is 4.72. The Balaban J connectivity index is 2.46. The fraction of sp³-hybridized carbons (Fsp3) is 0.900. The number of ether oxygens (including phenoxy) is 1. The number of carbonyl (C=O) groups excluding carboxylic acids is 1. The highest BCUT2D eigenvalue weighted by molar-refractivity contribution is 5.84. The molecule has 2 N–H and O–H groups in total. The van der Waals surface area contributed by atoms with Crippen LogP contribution in [0.15, 0.2) is 0 Å². The lowest BCUT2D eigenvalue weighted by Crippen LogP contribution is -2.36. The van der Waals surface area contributed by atoms with E-state index in [0.29, 0.717) is 13.2 Å². The molecule has 1 fully saturated rings. The largest absolute Gasteiger partial charge is 0.379 e. The Morgan fingerprint density at radius 1 is 1.62 bits per heavy atom. The molecule has 3 atom stereocenters. The lowest BCUT2D eigenvalue weighted by molar-refractivity contribution is -0.126. The van der Waals surface area contributed by atoms with Crippen molar-refractivity contribution in [2.75, 3.05) is 13.2 Å². The molecule has 3 heteroatoms. The van der Waals surface area contributed by atoms with Crippen LogP contribution in [-0.4, -0.2) is 25.0 Å². The SMILES string of the molecule is CCCC(C)C(=O)C1COCC1N. The molecule has 3 nitrogen and oxygen atoms in total. The van der Waals surface area contributed by atoms with Crippen LogP contribution in [-0.2, 0) is 9.53 Å². The first-order valence-electron chi connectivity index (χ1n) is 5.03. The molecule has 76 valence electrons. The van der Waals surface area contributed by atoms with Crippen molar-refractivity contribution in [1.29, 1.82) is 0 Å². The van der Waals surface area contributed by atoms with E-state index < -0.39 is 0 Å². The number of carbonyl (C=O) groups is 1. The van der Waals surface area contributed by atoms with Crippen LogP contribution in [0.25, 0.3) is 0 Å². The van der Waals surface area contributed by atoms with Crippen LogP contribution >= 0.6 is 0 Å². The molecule has 0 aliphatic carbocycles. The first-order valence-corrected chi connectivity index (χ1v) is 5.03. The standard InChI is InChI=1S/C10H19NO2/c1-3-4-7(2)10(12)8-5-13-6-9(8)11/h7-9H,3-6,11H2,1-2H3. The maximum Gasteiger partial charge on any atom is 0.142 e. The summed E-state index contributed by atoms with van der Waals surface area (Å²) in [6, 6.07) is -0.0770. The summed E-state index contributed by atoms with van der Waals surface area (Å²) in [4.78, 5) is 11.8. The van der Waals surface area contributed by atoms with E-state index in [1.165, 1.54) is 0 Å². The summed E-state index contributed by atoms with van der Waals surface area (Å²) < 4.78 is 5.17. The Labute approximate surface area is 79.6 Å². The average Bonchev–Trinajstić information content (AvgIpc) is 2.50. The molecule has 0 aromatic rings. The van der Waals surface area contributed by atoms with Crippen molar-refractivity contribution in [2.24, 2.45) is 17.6 Å². The van der Waals surface area contributed by atoms with Crippen LogP contribution < -0.4 is 5.73 Å². The van der Waals surface area contributed by atoms with Gasteiger partial charge in [0, 0.05) is 12.0 Å². The lowest BCUT2D eigenvalue weighted by atomic mass is 9.88. The fourth-order valence-electron chi connectivity index (χ4n) is 1.80. The highest BCUT2D eigenvalue weighted by atomic mass is 16.5. The van der Waals surface area contributed by atoms with Gasteiger partial charge in [-0.1, -0.05) is 20.3 Å². The second-order valence-corrected chi connectivity index (χ2v) is 3.90. The summed E-state index contributed by atoms with van der Waals surface area (Å²) in [5.41, 5.74) is 5.77. The molecule has 0 aromatic carbocycles. The van der Waals surface area contributed by atoms with E-state index in [2.05, 4.69) is 6.92 Å². The van der Waals surface area contributed by atoms with Gasteiger partial charge >= 0.3 is 0 Å². The van der Waals surface area contributed by atoms with E-state index in [0.717, 1.165) is 12.8 Å². The summed E-state index contributed by atoms with van der Waals surface area (Å²) in [6.45, 7) is 5.13. The molecule has 1 aliphatic rings. The summed E-state index contributed by atoms with van der Waals surface area (Å²) in [6.07, 6.45) is 2.01. The Bertz CT molecular complexity index is 182. The van der Waals surface area contributed by atoms with E-state index in [1.807, 2.05) is 6.92 Å². The minimum atomic E-state index is -0.0770. The van der Waals surface area contributed by atoms with Crippen LogP contribution in [0.5, 0.6) is 0 Å². The smallest absolute Gasteiger partial charge is 0.142 e. The van der Waals surface area contributed by atoms with Crippen molar-refractivity contribution in [3.63, 3.8) is 0 Å². The maximum absolute atomic E-state index is 11.8. The summed E-state index contributed by atoms with van der Waals surface area (Å²) in [5.74, 6) is 0.371. The average molecular weight is 185 g/mol. The van der Waals surface area contributed by atoms with Crippen molar-refractivity contribution in [3.05, 3.63) is 0 Å². The van der Waals surface area contributed by atoms with Gasteiger partial charge in [-0.3, -0.25) is 4.79 Å². The molecule has 0 bridgehead atoms. The molecule has 0 aromatic heterocycles. The zero-order valence-electron chi connectivity index (χ0n) is 8.45. The van der Waals surface area contributed by atoms with Crippen LogP contribution in [0.4, 0.5) is 0 Å². The molecule has 0 saturated carbocycles. The number of ketones is 1. The zero-order chi connectivity index (χ0) is 9.84. The third-order valence-electron chi connectivity index (χ3n) is 2.70. The summed E-state index contributed by atoms with van der Waals surface area (Å²) in [7, 11) is 0. The number of hydrogen-bond donors (Lipinski definition) is 1. The Hall–Kier alpha value is -0.410. The van der Waals surface area contributed by atoms with Gasteiger partial charge in [0.15, 0.2) is 0 Å². The highest BCUT2D eigenvalue weighted by Crippen LogP contribution is 2.19. The minimum Gasteiger partial charge on any atom is -0.379 e. The van der Waals surface area contributed by atoms with Crippen LogP contribution in [0.2, 0.25) is 0 Å². The van der Waals surface area contributed by atoms with Gasteiger partial charge in [0.25, 0.3) is 0 Å². The highest BCUT2D eigenvalue weighted by Gasteiger charge is 2.33. The van der Waals surface area contributed by atoms with Crippen molar-refractivity contribution in [2.45, 2.75) is 32.7 Å². The van der Waals surface area contributed by atoms with E-state index in [4.69, 9.17) is 10.5 Å². The number of rotatable bonds is 4. The van der Waals surface area contributed by atoms with Crippen molar-refractivity contribution in [1.82, 2.24) is 0 Å². The van der Waals surface area contributed by atoms with Crippen molar-refractivity contribution < 1.29 is 9.53 Å². The van der Waals surface area contributed by atoms with Gasteiger partial charge in [0.2, 0.25) is 0 Å². The van der Waals surface area contributed by atoms with E-state index in [-0.39, 0.29) is 23.7 Å². The zero-order valence-corrected chi connectivity index (χ0v) is 8.45. The third kappa shape index (κ3) is 2.51. The second-order valence-electron chi connectivity index (χ2n) is 3.90. The molecule has 3 unspecified atom stereocenters. The normalized spacial score (nSPS) is 30.4. The van der Waals surface area contributed by atoms with Gasteiger partial charge in [-0.15, -0.1) is 0 Å². The van der Waals surface area contributed by atoms with Gasteiger partial charge < -0.3 is 10.5 Å². The summed E-state index contributed by atoms with van der Waals surface area (Å²) >= 11 is 0. The van der Waals surface area contributed by atoms with Crippen molar-refractivity contribution in [3.8, 4) is 0 Å². The molecule has 13 heavy (non-hydrogen) atoms. The summed E-state index contributed by atoms with van der Waals surface area (Å²) in [5, 5.41) is 0. The molecular weight excluding hydrogens is 166 g/mol. The first-order chi connectivity index (χ1) is 6.16. The van der Waals surface area contributed by atoms with E-state index >= 15 is 0 Å². The molecule has 1 aliphatic heterocycles. The molecule has 1 saturated heterocycles. The Morgan fingerprint density at radius 2 is 2.31 bits per heavy atom. The van der Waals surface area contributed by atoms with E-state index in [1.54, 1.807) is 0 Å². The number of hydrogen-bond acceptors (Lipinski definition) is 3. The monoisotopic (exact) mass is 185 g/mol. The van der Waals surface area contributed by atoms with E-state index in [9.17, 15) is 4.79 Å². The first kappa shape index (κ1) is 10.7.